The summed E-state index contributed by atoms with van der Waals surface area (Å²) >= 11 is 0. The molecule has 0 atom stereocenters. The molecular weight excluding hydrogens is 458 g/mol. The molecule has 4 aromatic carbocycles. The lowest BCUT2D eigenvalue weighted by Gasteiger charge is -2.10. The van der Waals surface area contributed by atoms with Gasteiger partial charge >= 0.3 is 5.97 Å². The van der Waals surface area contributed by atoms with Crippen LogP contribution in [0.15, 0.2) is 115 Å². The first kappa shape index (κ1) is 22.6. The van der Waals surface area contributed by atoms with Gasteiger partial charge < -0.3 is 10.1 Å². The molecule has 180 valence electrons. The summed E-state index contributed by atoms with van der Waals surface area (Å²) in [7, 11) is 0. The number of nitrogens with zero attached hydrogens (tertiary/aromatic N) is 2. The van der Waals surface area contributed by atoms with E-state index in [9.17, 15) is 4.79 Å². The molecule has 0 amide bonds. The largest absolute Gasteiger partial charge is 0.423 e. The number of carbonyl (C=O) groups excluding carboxylic acids is 1. The van der Waals surface area contributed by atoms with Crippen molar-refractivity contribution < 1.29 is 9.53 Å². The second kappa shape index (κ2) is 9.63. The van der Waals surface area contributed by atoms with Gasteiger partial charge in [-0.15, -0.1) is 0 Å². The summed E-state index contributed by atoms with van der Waals surface area (Å²) in [6, 6.07) is 35.4. The monoisotopic (exact) mass is 483 g/mol. The number of fused-ring (bicyclic) bond motifs is 2. The highest BCUT2D eigenvalue weighted by molar-refractivity contribution is 5.96. The lowest BCUT2D eigenvalue weighted by molar-refractivity contribution is 0.0735. The van der Waals surface area contributed by atoms with Crippen LogP contribution < -0.4 is 10.1 Å². The van der Waals surface area contributed by atoms with Gasteiger partial charge in [-0.05, 0) is 65.2 Å². The SMILES string of the molecule is Cc1ccn2c(NCc3ccccc3)c(-c3cccc(OC(=O)c4ccc5ccccc5c4)c3)nc2c1. The van der Waals surface area contributed by atoms with Crippen LogP contribution in [0.5, 0.6) is 5.75 Å². The first-order chi connectivity index (χ1) is 18.1. The van der Waals surface area contributed by atoms with E-state index in [1.54, 1.807) is 12.1 Å². The van der Waals surface area contributed by atoms with Crippen molar-refractivity contribution in [1.82, 2.24) is 9.38 Å². The van der Waals surface area contributed by atoms with Crippen LogP contribution in [0, 0.1) is 6.92 Å². The Hall–Kier alpha value is -4.90. The Bertz CT molecular complexity index is 1740. The minimum atomic E-state index is -0.393. The van der Waals surface area contributed by atoms with Crippen LogP contribution in [-0.2, 0) is 6.54 Å². The third-order valence-electron chi connectivity index (χ3n) is 6.39. The zero-order valence-electron chi connectivity index (χ0n) is 20.4. The van der Waals surface area contributed by atoms with Crippen molar-refractivity contribution in [3.05, 3.63) is 132 Å². The van der Waals surface area contributed by atoms with Crippen LogP contribution in [0.4, 0.5) is 5.82 Å². The molecule has 6 aromatic rings. The lowest BCUT2D eigenvalue weighted by Crippen LogP contribution is -2.08. The molecule has 2 heterocycles. The van der Waals surface area contributed by atoms with Gasteiger partial charge in [-0.3, -0.25) is 4.40 Å². The fourth-order valence-corrected chi connectivity index (χ4v) is 4.49. The molecule has 0 aliphatic heterocycles. The van der Waals surface area contributed by atoms with E-state index in [-0.39, 0.29) is 0 Å². The molecule has 0 bridgehead atoms. The van der Waals surface area contributed by atoms with E-state index in [0.29, 0.717) is 17.9 Å². The van der Waals surface area contributed by atoms with Crippen molar-refractivity contribution in [3.8, 4) is 17.0 Å². The predicted molar refractivity (Wildman–Crippen MR) is 148 cm³/mol. The topological polar surface area (TPSA) is 55.6 Å². The summed E-state index contributed by atoms with van der Waals surface area (Å²) in [5.41, 5.74) is 5.33. The average molecular weight is 484 g/mol. The Morgan fingerprint density at radius 1 is 0.838 bits per heavy atom. The number of carbonyl (C=O) groups is 1. The van der Waals surface area contributed by atoms with Gasteiger partial charge in [0.25, 0.3) is 0 Å². The first-order valence-electron chi connectivity index (χ1n) is 12.2. The molecule has 5 heteroatoms. The van der Waals surface area contributed by atoms with Crippen molar-refractivity contribution in [2.45, 2.75) is 13.5 Å². The molecule has 6 rings (SSSR count). The predicted octanol–water partition coefficient (Wildman–Crippen LogP) is 7.29. The van der Waals surface area contributed by atoms with E-state index in [4.69, 9.17) is 9.72 Å². The molecule has 0 radical (unpaired) electrons. The highest BCUT2D eigenvalue weighted by atomic mass is 16.5. The van der Waals surface area contributed by atoms with E-state index in [1.165, 1.54) is 5.56 Å². The fourth-order valence-electron chi connectivity index (χ4n) is 4.49. The highest BCUT2D eigenvalue weighted by Crippen LogP contribution is 2.32. The van der Waals surface area contributed by atoms with Gasteiger partial charge in [0.2, 0.25) is 0 Å². The van der Waals surface area contributed by atoms with Crippen molar-refractivity contribution >= 4 is 28.2 Å². The molecular formula is C32H25N3O2. The molecule has 0 unspecified atom stereocenters. The minimum absolute atomic E-state index is 0.393. The van der Waals surface area contributed by atoms with Gasteiger partial charge in [-0.2, -0.15) is 0 Å². The number of nitrogens with one attached hydrogen (secondary N) is 1. The number of hydrogen-bond donors (Lipinski definition) is 1. The number of benzene rings is 4. The Balaban J connectivity index is 1.32. The van der Waals surface area contributed by atoms with E-state index in [2.05, 4.69) is 40.9 Å². The molecule has 2 aromatic heterocycles. The summed E-state index contributed by atoms with van der Waals surface area (Å²) in [5, 5.41) is 5.65. The number of pyridine rings is 1. The third-order valence-corrected chi connectivity index (χ3v) is 6.39. The summed E-state index contributed by atoms with van der Waals surface area (Å²) in [6.07, 6.45) is 2.03. The zero-order valence-corrected chi connectivity index (χ0v) is 20.4. The van der Waals surface area contributed by atoms with Crippen molar-refractivity contribution in [3.63, 3.8) is 0 Å². The first-order valence-corrected chi connectivity index (χ1v) is 12.2. The van der Waals surface area contributed by atoms with Crippen molar-refractivity contribution in [2.24, 2.45) is 0 Å². The van der Waals surface area contributed by atoms with Crippen LogP contribution in [0.25, 0.3) is 27.7 Å². The summed E-state index contributed by atoms with van der Waals surface area (Å²) in [6.45, 7) is 2.71. The number of hydrogen-bond acceptors (Lipinski definition) is 4. The van der Waals surface area contributed by atoms with E-state index < -0.39 is 5.97 Å². The molecule has 1 N–H and O–H groups in total. The number of aryl methyl sites for hydroxylation is 1. The summed E-state index contributed by atoms with van der Waals surface area (Å²) in [5.74, 6) is 0.964. The van der Waals surface area contributed by atoms with Gasteiger partial charge in [0.15, 0.2) is 0 Å². The number of anilines is 1. The maximum Gasteiger partial charge on any atom is 0.343 e. The third kappa shape index (κ3) is 4.67. The van der Waals surface area contributed by atoms with Crippen LogP contribution in [0.2, 0.25) is 0 Å². The van der Waals surface area contributed by atoms with Gasteiger partial charge in [-0.1, -0.05) is 72.8 Å². The number of rotatable bonds is 6. The maximum absolute atomic E-state index is 13.0. The molecule has 5 nitrogen and oxygen atoms in total. The fraction of sp³-hybridized carbons (Fsp3) is 0.0625. The van der Waals surface area contributed by atoms with E-state index >= 15 is 0 Å². The van der Waals surface area contributed by atoms with Crippen LogP contribution in [0.3, 0.4) is 0 Å². The average Bonchev–Trinajstić information content (AvgIpc) is 3.29. The standard InChI is InChI=1S/C32H25N3O2/c1-22-16-17-35-29(18-22)34-30(31(35)33-21-23-8-3-2-4-9-23)26-12-7-13-28(20-26)37-32(36)27-15-14-24-10-5-6-11-25(24)19-27/h2-20,33H,21H2,1H3. The van der Waals surface area contributed by atoms with Crippen LogP contribution >= 0.6 is 0 Å². The highest BCUT2D eigenvalue weighted by Gasteiger charge is 2.16. The summed E-state index contributed by atoms with van der Waals surface area (Å²) in [4.78, 5) is 17.9. The second-order valence-electron chi connectivity index (χ2n) is 9.06. The molecule has 0 fully saturated rings. The number of ether oxygens (including phenoxy) is 1. The van der Waals surface area contributed by atoms with Gasteiger partial charge in [0, 0.05) is 18.3 Å². The Kier molecular flexibility index (Phi) is 5.87. The van der Waals surface area contributed by atoms with Gasteiger partial charge in [-0.25, -0.2) is 9.78 Å². The van der Waals surface area contributed by atoms with Crippen molar-refractivity contribution in [1.29, 1.82) is 0 Å². The quantitative estimate of drug-likeness (QED) is 0.200. The van der Waals surface area contributed by atoms with E-state index in [1.807, 2.05) is 79.0 Å². The molecule has 0 aliphatic carbocycles. The van der Waals surface area contributed by atoms with Crippen molar-refractivity contribution in [2.75, 3.05) is 5.32 Å². The molecule has 0 saturated carbocycles. The van der Waals surface area contributed by atoms with Gasteiger partial charge in [0.05, 0.1) is 5.56 Å². The zero-order chi connectivity index (χ0) is 25.2. The molecule has 0 aliphatic rings. The second-order valence-corrected chi connectivity index (χ2v) is 9.06. The van der Waals surface area contributed by atoms with Crippen LogP contribution in [-0.4, -0.2) is 15.4 Å². The Labute approximate surface area is 215 Å². The normalized spacial score (nSPS) is 11.1. The molecule has 0 spiro atoms. The maximum atomic E-state index is 13.0. The smallest absolute Gasteiger partial charge is 0.343 e. The molecule has 37 heavy (non-hydrogen) atoms. The number of imidazole rings is 1. The van der Waals surface area contributed by atoms with Gasteiger partial charge in [0.1, 0.15) is 22.9 Å². The van der Waals surface area contributed by atoms with E-state index in [0.717, 1.165) is 39.1 Å². The minimum Gasteiger partial charge on any atom is -0.423 e. The Morgan fingerprint density at radius 2 is 1.65 bits per heavy atom. The summed E-state index contributed by atoms with van der Waals surface area (Å²) < 4.78 is 7.83. The molecule has 0 saturated heterocycles. The lowest BCUT2D eigenvalue weighted by atomic mass is 10.1. The van der Waals surface area contributed by atoms with Crippen LogP contribution in [0.1, 0.15) is 21.5 Å². The number of aromatic nitrogens is 2. The Morgan fingerprint density at radius 3 is 2.51 bits per heavy atom. The number of esters is 1.